The van der Waals surface area contributed by atoms with Crippen LogP contribution in [0.15, 0.2) is 23.3 Å². The average molecular weight is 601 g/mol. The summed E-state index contributed by atoms with van der Waals surface area (Å²) in [5.74, 6) is -2.46. The second-order valence-corrected chi connectivity index (χ2v) is 11.2. The topological polar surface area (TPSA) is 219 Å². The minimum Gasteiger partial charge on any atom is -0.507 e. The summed E-state index contributed by atoms with van der Waals surface area (Å²) in [7, 11) is 1.35. The van der Waals surface area contributed by atoms with Crippen molar-refractivity contribution in [2.45, 2.75) is 69.4 Å². The fourth-order valence-electron chi connectivity index (χ4n) is 5.91. The van der Waals surface area contributed by atoms with E-state index in [4.69, 9.17) is 37.9 Å². The van der Waals surface area contributed by atoms with Crippen LogP contribution in [0.5, 0.6) is 17.2 Å². The maximum absolute atomic E-state index is 13.8. The van der Waals surface area contributed by atoms with Crippen molar-refractivity contribution in [2.24, 2.45) is 16.6 Å². The number of methoxy groups -OCH3 is 1. The van der Waals surface area contributed by atoms with Gasteiger partial charge in [0.15, 0.2) is 17.2 Å². The number of hydrazone groups is 1. The van der Waals surface area contributed by atoms with E-state index < -0.39 is 70.4 Å². The summed E-state index contributed by atoms with van der Waals surface area (Å²) in [5, 5.41) is 49.2. The molecule has 1 saturated heterocycles. The number of ether oxygens (including phenoxy) is 3. The van der Waals surface area contributed by atoms with Gasteiger partial charge in [-0.05, 0) is 32.1 Å². The standard InChI is InChI=1S/C28H32N4O9S/c1-10-22(33)14(29)7-17(40-10)41-16-9-28(38,11(2)31-32-27(30)42)8-13-19(16)26(37)21-20(24(13)35)23(34)12-5-4-6-15(39-3)18(12)25(21)36/h4-6,10,14,16-17,22,33,35,37-38H,7-9,29H2,1-3H3,(H3,30,32,42)/b31-11+. The molecule has 1 fully saturated rings. The maximum atomic E-state index is 13.8. The van der Waals surface area contributed by atoms with Crippen molar-refractivity contribution in [2.75, 3.05) is 7.11 Å². The number of phenolic OH excluding ortho intramolecular Hbond substituents is 2. The molecule has 3 aliphatic rings. The van der Waals surface area contributed by atoms with Gasteiger partial charge in [-0.2, -0.15) is 5.10 Å². The first-order valence-electron chi connectivity index (χ1n) is 13.2. The van der Waals surface area contributed by atoms with Crippen molar-refractivity contribution in [3.8, 4) is 17.2 Å². The summed E-state index contributed by atoms with van der Waals surface area (Å²) in [5.41, 5.74) is 11.5. The largest absolute Gasteiger partial charge is 0.507 e. The number of nitrogens with one attached hydrogen (secondary N) is 1. The van der Waals surface area contributed by atoms with Gasteiger partial charge in [-0.25, -0.2) is 0 Å². The van der Waals surface area contributed by atoms with Crippen LogP contribution in [0, 0.1) is 0 Å². The molecule has 42 heavy (non-hydrogen) atoms. The minimum absolute atomic E-state index is 0.00137. The molecule has 0 saturated carbocycles. The number of hydrogen-bond acceptors (Lipinski definition) is 12. The fourth-order valence-corrected chi connectivity index (χ4v) is 5.95. The highest BCUT2D eigenvalue weighted by Crippen LogP contribution is 2.52. The number of ketones is 2. The van der Waals surface area contributed by atoms with Gasteiger partial charge in [-0.1, -0.05) is 12.1 Å². The Kier molecular flexibility index (Phi) is 7.72. The number of thiocarbonyl (C=S) groups is 1. The second-order valence-electron chi connectivity index (χ2n) is 10.8. The van der Waals surface area contributed by atoms with Gasteiger partial charge in [-0.15, -0.1) is 0 Å². The third-order valence-electron chi connectivity index (χ3n) is 8.15. The SMILES string of the molecule is COc1cccc2c1C(=O)c1c(O)c3c(c(O)c1C2=O)CC(O)(/C(C)=N/NC(N)=S)CC3OC1CC(N)C(O)C(C)O1. The summed E-state index contributed by atoms with van der Waals surface area (Å²) in [4.78, 5) is 27.4. The number of carbonyl (C=O) groups excluding carboxylic acids is 2. The Labute approximate surface area is 246 Å². The van der Waals surface area contributed by atoms with E-state index in [0.717, 1.165) is 0 Å². The predicted octanol–water partition coefficient (Wildman–Crippen LogP) is 0.649. The van der Waals surface area contributed by atoms with E-state index in [9.17, 15) is 30.0 Å². The number of fused-ring (bicyclic) bond motifs is 3. The summed E-state index contributed by atoms with van der Waals surface area (Å²) in [6.07, 6.45) is -4.25. The molecule has 2 aliphatic carbocycles. The van der Waals surface area contributed by atoms with Gasteiger partial charge >= 0.3 is 0 Å². The molecule has 2 aromatic carbocycles. The Balaban J connectivity index is 1.68. The molecule has 13 nitrogen and oxygen atoms in total. The van der Waals surface area contributed by atoms with Gasteiger partial charge in [0.25, 0.3) is 0 Å². The Bertz CT molecular complexity index is 1520. The van der Waals surface area contributed by atoms with Gasteiger partial charge in [0.05, 0.1) is 47.8 Å². The zero-order chi connectivity index (χ0) is 30.7. The molecule has 1 aliphatic heterocycles. The van der Waals surface area contributed by atoms with Crippen LogP contribution in [0.2, 0.25) is 0 Å². The molecule has 224 valence electrons. The van der Waals surface area contributed by atoms with E-state index in [1.807, 2.05) is 0 Å². The van der Waals surface area contributed by atoms with Crippen LogP contribution in [-0.4, -0.2) is 80.1 Å². The summed E-state index contributed by atoms with van der Waals surface area (Å²) < 4.78 is 17.3. The lowest BCUT2D eigenvalue weighted by molar-refractivity contribution is -0.245. The van der Waals surface area contributed by atoms with Gasteiger partial charge in [-0.3, -0.25) is 15.0 Å². The fraction of sp³-hybridized carbons (Fsp3) is 0.429. The quantitative estimate of drug-likeness (QED) is 0.0927. The molecule has 2 aromatic rings. The number of aromatic hydroxyl groups is 2. The predicted molar refractivity (Wildman–Crippen MR) is 153 cm³/mol. The van der Waals surface area contributed by atoms with Crippen molar-refractivity contribution in [1.82, 2.24) is 5.43 Å². The molecule has 9 N–H and O–H groups in total. The molecular formula is C28H32N4O9S. The number of aliphatic hydroxyl groups excluding tert-OH is 1. The second kappa shape index (κ2) is 10.9. The normalized spacial score (nSPS) is 28.9. The van der Waals surface area contributed by atoms with Crippen LogP contribution in [0.3, 0.4) is 0 Å². The van der Waals surface area contributed by atoms with E-state index in [0.29, 0.717) is 0 Å². The molecule has 0 spiro atoms. The number of phenols is 2. The summed E-state index contributed by atoms with van der Waals surface area (Å²) in [6, 6.07) is 3.79. The van der Waals surface area contributed by atoms with E-state index in [2.05, 4.69) is 10.5 Å². The van der Waals surface area contributed by atoms with Gasteiger partial charge in [0.2, 0.25) is 5.78 Å². The van der Waals surface area contributed by atoms with Crippen molar-refractivity contribution in [3.63, 3.8) is 0 Å². The molecule has 0 aromatic heterocycles. The Morgan fingerprint density at radius 3 is 2.52 bits per heavy atom. The smallest absolute Gasteiger partial charge is 0.202 e. The number of nitrogens with zero attached hydrogens (tertiary/aromatic N) is 1. The van der Waals surface area contributed by atoms with E-state index >= 15 is 0 Å². The molecular weight excluding hydrogens is 568 g/mol. The molecule has 5 rings (SSSR count). The van der Waals surface area contributed by atoms with Crippen LogP contribution in [0.4, 0.5) is 0 Å². The average Bonchev–Trinajstić information content (AvgIpc) is 2.94. The highest BCUT2D eigenvalue weighted by Gasteiger charge is 2.49. The number of nitrogens with two attached hydrogens (primary N) is 2. The van der Waals surface area contributed by atoms with Gasteiger partial charge < -0.3 is 46.1 Å². The van der Waals surface area contributed by atoms with Crippen molar-refractivity contribution >= 4 is 34.6 Å². The number of carbonyl (C=O) groups is 2. The molecule has 6 atom stereocenters. The Hall–Kier alpha value is -3.66. The molecule has 0 bridgehead atoms. The molecule has 0 amide bonds. The van der Waals surface area contributed by atoms with E-state index in [1.54, 1.807) is 6.92 Å². The zero-order valence-electron chi connectivity index (χ0n) is 23.1. The lowest BCUT2D eigenvalue weighted by Gasteiger charge is -2.42. The first-order chi connectivity index (χ1) is 19.8. The number of aliphatic hydroxyl groups is 2. The summed E-state index contributed by atoms with van der Waals surface area (Å²) in [6.45, 7) is 3.13. The Morgan fingerprint density at radius 2 is 1.88 bits per heavy atom. The van der Waals surface area contributed by atoms with Gasteiger partial charge in [0.1, 0.15) is 22.8 Å². The Morgan fingerprint density at radius 1 is 1.19 bits per heavy atom. The first kappa shape index (κ1) is 29.8. The third-order valence-corrected chi connectivity index (χ3v) is 8.24. The number of hydrogen-bond donors (Lipinski definition) is 7. The molecule has 0 radical (unpaired) electrons. The molecule has 6 unspecified atom stereocenters. The van der Waals surface area contributed by atoms with Crippen molar-refractivity contribution < 1.29 is 44.2 Å². The van der Waals surface area contributed by atoms with Crippen LogP contribution in [0.25, 0.3) is 0 Å². The van der Waals surface area contributed by atoms with Crippen molar-refractivity contribution in [1.29, 1.82) is 0 Å². The highest BCUT2D eigenvalue weighted by atomic mass is 32.1. The first-order valence-corrected chi connectivity index (χ1v) is 13.6. The third kappa shape index (κ3) is 4.79. The summed E-state index contributed by atoms with van der Waals surface area (Å²) >= 11 is 4.81. The van der Waals surface area contributed by atoms with E-state index in [-0.39, 0.29) is 58.1 Å². The highest BCUT2D eigenvalue weighted by molar-refractivity contribution is 7.80. The minimum atomic E-state index is -1.79. The zero-order valence-corrected chi connectivity index (χ0v) is 23.9. The van der Waals surface area contributed by atoms with E-state index in [1.165, 1.54) is 32.2 Å². The molecule has 14 heteroatoms. The van der Waals surface area contributed by atoms with Crippen molar-refractivity contribution in [3.05, 3.63) is 51.6 Å². The lowest BCUT2D eigenvalue weighted by Crippen LogP contribution is -2.52. The monoisotopic (exact) mass is 600 g/mol. The van der Waals surface area contributed by atoms with Crippen LogP contribution in [0.1, 0.15) is 75.8 Å². The van der Waals surface area contributed by atoms with Crippen LogP contribution >= 0.6 is 12.2 Å². The van der Waals surface area contributed by atoms with Gasteiger partial charge in [0, 0.05) is 42.0 Å². The van der Waals surface area contributed by atoms with Crippen LogP contribution < -0.4 is 21.6 Å². The lowest BCUT2D eigenvalue weighted by atomic mass is 9.72. The van der Waals surface area contributed by atoms with Crippen LogP contribution in [-0.2, 0) is 15.9 Å². The number of benzene rings is 2. The maximum Gasteiger partial charge on any atom is 0.202 e. The molecule has 1 heterocycles. The number of rotatable bonds is 5.